The Labute approximate surface area is 82.5 Å². The summed E-state index contributed by atoms with van der Waals surface area (Å²) in [6.07, 6.45) is 0. The molecule has 0 aliphatic rings. The summed E-state index contributed by atoms with van der Waals surface area (Å²) in [5.74, 6) is 0. The van der Waals surface area contributed by atoms with Crippen molar-refractivity contribution in [2.75, 3.05) is 12.4 Å². The van der Waals surface area contributed by atoms with Crippen LogP contribution in [0.3, 0.4) is 0 Å². The van der Waals surface area contributed by atoms with Gasteiger partial charge in [0.25, 0.3) is 0 Å². The maximum Gasteiger partial charge on any atom is 2.00 e. The topological polar surface area (TPSA) is 12.0 Å². The number of anilines is 1. The van der Waals surface area contributed by atoms with Crippen molar-refractivity contribution in [3.63, 3.8) is 0 Å². The molecule has 1 rings (SSSR count). The normalized spacial score (nSPS) is 8.55. The Kier molecular flexibility index (Phi) is 4.28. The van der Waals surface area contributed by atoms with Crippen molar-refractivity contribution >= 4 is 5.69 Å². The molecule has 11 heavy (non-hydrogen) atoms. The third-order valence-electron chi connectivity index (χ3n) is 1.56. The fourth-order valence-corrected chi connectivity index (χ4v) is 1.01. The smallest absolute Gasteiger partial charge is 0.390 e. The van der Waals surface area contributed by atoms with Crippen LogP contribution in [0.25, 0.3) is 0 Å². The molecule has 0 radical (unpaired) electrons. The summed E-state index contributed by atoms with van der Waals surface area (Å²) >= 11 is 0. The molecule has 0 unspecified atom stereocenters. The minimum absolute atomic E-state index is 0. The van der Waals surface area contributed by atoms with Gasteiger partial charge in [0.1, 0.15) is 0 Å². The van der Waals surface area contributed by atoms with Crippen LogP contribution in [0.15, 0.2) is 18.2 Å². The third kappa shape index (κ3) is 2.59. The molecule has 1 aromatic carbocycles. The van der Waals surface area contributed by atoms with Gasteiger partial charge in [-0.25, -0.2) is 0 Å². The zero-order chi connectivity index (χ0) is 7.56. The van der Waals surface area contributed by atoms with E-state index in [1.54, 1.807) is 0 Å². The van der Waals surface area contributed by atoms with Gasteiger partial charge in [0.2, 0.25) is 0 Å². The van der Waals surface area contributed by atoms with E-state index in [1.165, 1.54) is 11.3 Å². The first kappa shape index (κ1) is 10.6. The van der Waals surface area contributed by atoms with Gasteiger partial charge < -0.3 is 5.32 Å². The summed E-state index contributed by atoms with van der Waals surface area (Å²) in [5.41, 5.74) is 3.49. The summed E-state index contributed by atoms with van der Waals surface area (Å²) in [6.45, 7) is 5.90. The molecule has 0 heterocycles. The second-order valence-corrected chi connectivity index (χ2v) is 2.40. The van der Waals surface area contributed by atoms with Crippen molar-refractivity contribution < 1.29 is 21.1 Å². The minimum Gasteiger partial charge on any atom is -0.390 e. The number of hydrogen-bond acceptors (Lipinski definition) is 1. The van der Waals surface area contributed by atoms with Crippen LogP contribution in [0, 0.1) is 13.8 Å². The molecule has 0 aliphatic carbocycles. The van der Waals surface area contributed by atoms with E-state index in [9.17, 15) is 0 Å². The van der Waals surface area contributed by atoms with Crippen LogP contribution in [0.4, 0.5) is 5.69 Å². The van der Waals surface area contributed by atoms with Gasteiger partial charge in [-0.05, 0) is 6.92 Å². The van der Waals surface area contributed by atoms with Crippen molar-refractivity contribution in [2.24, 2.45) is 0 Å². The van der Waals surface area contributed by atoms with Crippen LogP contribution in [-0.4, -0.2) is 7.05 Å². The molecule has 1 N–H and O–H groups in total. The fourth-order valence-electron chi connectivity index (χ4n) is 1.01. The second kappa shape index (κ2) is 4.46. The van der Waals surface area contributed by atoms with Crippen LogP contribution in [0.1, 0.15) is 11.1 Å². The minimum atomic E-state index is 0. The molecule has 1 aromatic rings. The van der Waals surface area contributed by atoms with Gasteiger partial charge in [0, 0.05) is 12.7 Å². The van der Waals surface area contributed by atoms with Crippen molar-refractivity contribution in [1.82, 2.24) is 0 Å². The Morgan fingerprint density at radius 1 is 1.36 bits per heavy atom. The van der Waals surface area contributed by atoms with Gasteiger partial charge in [-0.2, -0.15) is 24.6 Å². The number of benzene rings is 1. The third-order valence-corrected chi connectivity index (χ3v) is 1.56. The Hall–Kier alpha value is -0.422. The molecule has 0 amide bonds. The zero-order valence-electron chi connectivity index (χ0n) is 6.85. The first-order chi connectivity index (χ1) is 4.74. The summed E-state index contributed by atoms with van der Waals surface area (Å²) in [6, 6.07) is 6.10. The van der Waals surface area contributed by atoms with E-state index >= 15 is 0 Å². The first-order valence-corrected chi connectivity index (χ1v) is 3.34. The molecule has 2 heteroatoms. The zero-order valence-corrected chi connectivity index (χ0v) is 9.78. The standard InChI is InChI=1S/C9H12N.W/c1-7-4-5-9(10-3)8(2)6-7;/h4-6,10H,1H2,2-3H3;/q-1;+2. The Bertz CT molecular complexity index is 233. The largest absolute Gasteiger partial charge is 2.00 e. The maximum atomic E-state index is 3.83. The first-order valence-electron chi connectivity index (χ1n) is 3.34. The second-order valence-electron chi connectivity index (χ2n) is 2.40. The molecule has 0 spiro atoms. The van der Waals surface area contributed by atoms with Crippen LogP contribution in [0.5, 0.6) is 0 Å². The van der Waals surface area contributed by atoms with E-state index in [-0.39, 0.29) is 21.1 Å². The SMILES string of the molecule is [CH2-]c1ccc(NC)c(C)c1.[W+2]. The fraction of sp³-hybridized carbons (Fsp3) is 0.222. The average Bonchev–Trinajstić information content (AvgIpc) is 1.88. The molecule has 0 saturated carbocycles. The van der Waals surface area contributed by atoms with Gasteiger partial charge in [0.15, 0.2) is 0 Å². The molecule has 0 bridgehead atoms. The molecule has 0 aliphatic heterocycles. The molecule has 0 fully saturated rings. The van der Waals surface area contributed by atoms with Crippen molar-refractivity contribution in [3.05, 3.63) is 36.2 Å². The van der Waals surface area contributed by atoms with Gasteiger partial charge in [-0.1, -0.05) is 11.6 Å². The number of hydrogen-bond donors (Lipinski definition) is 1. The Morgan fingerprint density at radius 3 is 2.45 bits per heavy atom. The maximum absolute atomic E-state index is 3.83. The predicted octanol–water partition coefficient (Wildman–Crippen LogP) is 2.22. The summed E-state index contributed by atoms with van der Waals surface area (Å²) in [7, 11) is 1.92. The van der Waals surface area contributed by atoms with Crippen molar-refractivity contribution in [1.29, 1.82) is 0 Å². The quantitative estimate of drug-likeness (QED) is 0.783. The van der Waals surface area contributed by atoms with E-state index < -0.39 is 0 Å². The van der Waals surface area contributed by atoms with Crippen LogP contribution >= 0.6 is 0 Å². The van der Waals surface area contributed by atoms with Crippen LogP contribution < -0.4 is 5.32 Å². The van der Waals surface area contributed by atoms with Crippen molar-refractivity contribution in [2.45, 2.75) is 6.92 Å². The van der Waals surface area contributed by atoms with E-state index in [4.69, 9.17) is 0 Å². The van der Waals surface area contributed by atoms with E-state index in [0.717, 1.165) is 5.56 Å². The van der Waals surface area contributed by atoms with E-state index in [0.29, 0.717) is 0 Å². The van der Waals surface area contributed by atoms with E-state index in [2.05, 4.69) is 25.2 Å². The number of nitrogens with one attached hydrogen (secondary N) is 1. The van der Waals surface area contributed by atoms with Gasteiger partial charge >= 0.3 is 21.1 Å². The average molecular weight is 318 g/mol. The molecule has 58 valence electrons. The monoisotopic (exact) mass is 318 g/mol. The summed E-state index contributed by atoms with van der Waals surface area (Å²) < 4.78 is 0. The van der Waals surface area contributed by atoms with Crippen molar-refractivity contribution in [3.8, 4) is 0 Å². The van der Waals surface area contributed by atoms with Crippen LogP contribution in [0.2, 0.25) is 0 Å². The molecule has 0 saturated heterocycles. The molecular weight excluding hydrogens is 306 g/mol. The van der Waals surface area contributed by atoms with Crippen LogP contribution in [-0.2, 0) is 21.1 Å². The van der Waals surface area contributed by atoms with Gasteiger partial charge in [-0.15, -0.1) is 0 Å². The summed E-state index contributed by atoms with van der Waals surface area (Å²) in [5, 5.41) is 3.09. The molecule has 0 aromatic heterocycles. The van der Waals surface area contributed by atoms with Gasteiger partial charge in [-0.3, -0.25) is 0 Å². The van der Waals surface area contributed by atoms with E-state index in [1.807, 2.05) is 19.2 Å². The molecular formula is C9H12NW+. The Balaban J connectivity index is 0.000001000. The predicted molar refractivity (Wildman–Crippen MR) is 45.2 cm³/mol. The number of aryl methyl sites for hydroxylation is 1. The molecule has 0 atom stereocenters. The Morgan fingerprint density at radius 2 is 2.00 bits per heavy atom. The summed E-state index contributed by atoms with van der Waals surface area (Å²) in [4.78, 5) is 0. The van der Waals surface area contributed by atoms with Gasteiger partial charge in [0.05, 0.1) is 0 Å². The molecule has 1 nitrogen and oxygen atoms in total. The number of rotatable bonds is 1.